The van der Waals surface area contributed by atoms with Gasteiger partial charge in [0.15, 0.2) is 17.5 Å². The summed E-state index contributed by atoms with van der Waals surface area (Å²) in [5, 5.41) is 4.72. The fraction of sp³-hybridized carbons (Fsp3) is 0. The number of hydrogen-bond donors (Lipinski definition) is 0. The van der Waals surface area contributed by atoms with Crippen LogP contribution >= 0.6 is 0 Å². The maximum Gasteiger partial charge on any atom is 0.164 e. The van der Waals surface area contributed by atoms with Gasteiger partial charge in [-0.3, -0.25) is 0 Å². The molecule has 41 heavy (non-hydrogen) atoms. The zero-order valence-electron chi connectivity index (χ0n) is 22.1. The quantitative estimate of drug-likeness (QED) is 0.231. The van der Waals surface area contributed by atoms with Crippen molar-refractivity contribution in [3.05, 3.63) is 146 Å². The SMILES string of the molecule is c1ccc(-c2nc(-c3ccccc3)nc(-c3cccc4c(-n5c6ccccc6c6ccccc65)cccc34)n2)cc1. The summed E-state index contributed by atoms with van der Waals surface area (Å²) in [6.45, 7) is 0. The molecule has 0 N–H and O–H groups in total. The normalized spacial score (nSPS) is 11.4. The van der Waals surface area contributed by atoms with Gasteiger partial charge >= 0.3 is 0 Å². The summed E-state index contributed by atoms with van der Waals surface area (Å²) in [6, 6.07) is 50.3. The molecular formula is C37H24N4. The van der Waals surface area contributed by atoms with Crippen LogP contribution in [0.25, 0.3) is 72.4 Å². The van der Waals surface area contributed by atoms with E-state index in [1.807, 2.05) is 60.7 Å². The number of fused-ring (bicyclic) bond motifs is 4. The standard InChI is InChI=1S/C37H24N4/c1-3-13-25(14-4-1)35-38-36(26-15-5-2-6-16-26)40-37(39-35)31-21-11-20-28-27(31)19-12-24-34(28)41-32-22-9-7-17-29(32)30-18-8-10-23-33(30)41/h1-24H. The summed E-state index contributed by atoms with van der Waals surface area (Å²) in [5.41, 5.74) is 6.39. The molecule has 0 fully saturated rings. The number of hydrogen-bond acceptors (Lipinski definition) is 3. The van der Waals surface area contributed by atoms with E-state index in [9.17, 15) is 0 Å². The molecule has 2 heterocycles. The van der Waals surface area contributed by atoms with Gasteiger partial charge in [0.25, 0.3) is 0 Å². The lowest BCUT2D eigenvalue weighted by Gasteiger charge is -2.14. The van der Waals surface area contributed by atoms with E-state index in [4.69, 9.17) is 15.0 Å². The fourth-order valence-corrected chi connectivity index (χ4v) is 5.79. The monoisotopic (exact) mass is 524 g/mol. The van der Waals surface area contributed by atoms with Crippen molar-refractivity contribution in [3.8, 4) is 39.9 Å². The molecular weight excluding hydrogens is 500 g/mol. The Balaban J connectivity index is 1.39. The highest BCUT2D eigenvalue weighted by molar-refractivity contribution is 6.11. The molecule has 0 unspecified atom stereocenters. The third kappa shape index (κ3) is 3.88. The van der Waals surface area contributed by atoms with Gasteiger partial charge in [0.1, 0.15) is 0 Å². The smallest absolute Gasteiger partial charge is 0.164 e. The zero-order chi connectivity index (χ0) is 27.2. The molecule has 8 aromatic rings. The van der Waals surface area contributed by atoms with E-state index in [0.29, 0.717) is 17.5 Å². The Bertz CT molecular complexity index is 2090. The molecule has 0 amide bonds. The predicted molar refractivity (Wildman–Crippen MR) is 168 cm³/mol. The average Bonchev–Trinajstić information content (AvgIpc) is 3.39. The van der Waals surface area contributed by atoms with Gasteiger partial charge in [-0.05, 0) is 23.6 Å². The number of rotatable bonds is 4. The molecule has 6 aromatic carbocycles. The van der Waals surface area contributed by atoms with Crippen molar-refractivity contribution in [1.82, 2.24) is 19.5 Å². The van der Waals surface area contributed by atoms with Crippen LogP contribution in [-0.2, 0) is 0 Å². The zero-order valence-corrected chi connectivity index (χ0v) is 22.1. The van der Waals surface area contributed by atoms with Crippen LogP contribution in [-0.4, -0.2) is 19.5 Å². The van der Waals surface area contributed by atoms with E-state index < -0.39 is 0 Å². The van der Waals surface area contributed by atoms with Crippen molar-refractivity contribution in [2.75, 3.05) is 0 Å². The number of nitrogens with zero attached hydrogens (tertiary/aromatic N) is 4. The molecule has 0 aliphatic heterocycles. The van der Waals surface area contributed by atoms with E-state index in [2.05, 4.69) is 89.5 Å². The Morgan fingerprint density at radius 2 is 0.805 bits per heavy atom. The first-order valence-electron chi connectivity index (χ1n) is 13.7. The van der Waals surface area contributed by atoms with Crippen molar-refractivity contribution in [3.63, 3.8) is 0 Å². The molecule has 4 heteroatoms. The van der Waals surface area contributed by atoms with E-state index in [1.54, 1.807) is 0 Å². The summed E-state index contributed by atoms with van der Waals surface area (Å²) < 4.78 is 2.37. The Morgan fingerprint density at radius 1 is 0.341 bits per heavy atom. The highest BCUT2D eigenvalue weighted by Gasteiger charge is 2.17. The van der Waals surface area contributed by atoms with Crippen molar-refractivity contribution >= 4 is 32.6 Å². The molecule has 0 saturated heterocycles. The first-order chi connectivity index (χ1) is 20.3. The molecule has 2 aromatic heterocycles. The van der Waals surface area contributed by atoms with Crippen molar-refractivity contribution in [2.45, 2.75) is 0 Å². The van der Waals surface area contributed by atoms with Crippen molar-refractivity contribution in [2.24, 2.45) is 0 Å². The molecule has 192 valence electrons. The summed E-state index contributed by atoms with van der Waals surface area (Å²) in [7, 11) is 0. The van der Waals surface area contributed by atoms with Gasteiger partial charge in [-0.15, -0.1) is 0 Å². The third-order valence-electron chi connectivity index (χ3n) is 7.66. The fourth-order valence-electron chi connectivity index (χ4n) is 5.79. The molecule has 0 atom stereocenters. The van der Waals surface area contributed by atoms with Gasteiger partial charge in [0.05, 0.1) is 16.7 Å². The molecule has 0 aliphatic rings. The topological polar surface area (TPSA) is 43.6 Å². The van der Waals surface area contributed by atoms with Gasteiger partial charge in [-0.1, -0.05) is 127 Å². The number of para-hydroxylation sites is 2. The van der Waals surface area contributed by atoms with E-state index in [1.165, 1.54) is 21.8 Å². The second kappa shape index (κ2) is 9.54. The van der Waals surface area contributed by atoms with Gasteiger partial charge < -0.3 is 4.57 Å². The average molecular weight is 525 g/mol. The number of benzene rings is 6. The molecule has 8 rings (SSSR count). The number of aromatic nitrogens is 4. The minimum absolute atomic E-state index is 0.655. The Labute approximate surface area is 237 Å². The Hall–Kier alpha value is -5.61. The van der Waals surface area contributed by atoms with Gasteiger partial charge in [-0.25, -0.2) is 15.0 Å². The van der Waals surface area contributed by atoms with E-state index in [-0.39, 0.29) is 0 Å². The maximum atomic E-state index is 5.01. The Morgan fingerprint density at radius 3 is 1.41 bits per heavy atom. The van der Waals surface area contributed by atoms with Crippen LogP contribution in [0, 0.1) is 0 Å². The Kier molecular flexibility index (Phi) is 5.42. The lowest BCUT2D eigenvalue weighted by atomic mass is 10.0. The van der Waals surface area contributed by atoms with Crippen LogP contribution < -0.4 is 0 Å². The minimum Gasteiger partial charge on any atom is -0.309 e. The summed E-state index contributed by atoms with van der Waals surface area (Å²) in [4.78, 5) is 14.9. The molecule has 4 nitrogen and oxygen atoms in total. The van der Waals surface area contributed by atoms with Crippen LogP contribution in [0.4, 0.5) is 0 Å². The lowest BCUT2D eigenvalue weighted by molar-refractivity contribution is 1.08. The molecule has 0 bridgehead atoms. The maximum absolute atomic E-state index is 5.01. The summed E-state index contributed by atoms with van der Waals surface area (Å²) in [6.07, 6.45) is 0. The second-order valence-electron chi connectivity index (χ2n) is 10.1. The van der Waals surface area contributed by atoms with Crippen LogP contribution in [0.15, 0.2) is 146 Å². The second-order valence-corrected chi connectivity index (χ2v) is 10.1. The van der Waals surface area contributed by atoms with Gasteiger partial charge in [0.2, 0.25) is 0 Å². The minimum atomic E-state index is 0.655. The highest BCUT2D eigenvalue weighted by atomic mass is 15.0. The van der Waals surface area contributed by atoms with Crippen molar-refractivity contribution < 1.29 is 0 Å². The molecule has 0 saturated carbocycles. The summed E-state index contributed by atoms with van der Waals surface area (Å²) >= 11 is 0. The lowest BCUT2D eigenvalue weighted by Crippen LogP contribution is -2.01. The third-order valence-corrected chi connectivity index (χ3v) is 7.66. The predicted octanol–water partition coefficient (Wildman–Crippen LogP) is 9.12. The van der Waals surface area contributed by atoms with Crippen molar-refractivity contribution in [1.29, 1.82) is 0 Å². The van der Waals surface area contributed by atoms with Gasteiger partial charge in [-0.2, -0.15) is 0 Å². The first kappa shape index (κ1) is 23.3. The van der Waals surface area contributed by atoms with Gasteiger partial charge in [0, 0.05) is 32.8 Å². The molecule has 0 aliphatic carbocycles. The van der Waals surface area contributed by atoms with Crippen LogP contribution in [0.2, 0.25) is 0 Å². The largest absolute Gasteiger partial charge is 0.309 e. The molecule has 0 spiro atoms. The first-order valence-corrected chi connectivity index (χ1v) is 13.7. The highest BCUT2D eigenvalue weighted by Crippen LogP contribution is 2.37. The van der Waals surface area contributed by atoms with Crippen LogP contribution in [0.3, 0.4) is 0 Å². The van der Waals surface area contributed by atoms with Crippen LogP contribution in [0.1, 0.15) is 0 Å². The summed E-state index contributed by atoms with van der Waals surface area (Å²) in [5.74, 6) is 1.97. The van der Waals surface area contributed by atoms with E-state index in [0.717, 1.165) is 33.2 Å². The van der Waals surface area contributed by atoms with E-state index >= 15 is 0 Å². The molecule has 0 radical (unpaired) electrons. The van der Waals surface area contributed by atoms with Crippen LogP contribution in [0.5, 0.6) is 0 Å².